The number of cyclic esters (lactones) is 1. The van der Waals surface area contributed by atoms with Gasteiger partial charge >= 0.3 is 24.6 Å². The van der Waals surface area contributed by atoms with E-state index >= 15 is 0 Å². The van der Waals surface area contributed by atoms with Crippen molar-refractivity contribution in [2.24, 2.45) is 5.41 Å². The number of carbonyl (C=O) groups is 1. The summed E-state index contributed by atoms with van der Waals surface area (Å²) in [6.07, 6.45) is -16.0. The number of amides is 1. The van der Waals surface area contributed by atoms with Crippen molar-refractivity contribution in [1.82, 2.24) is 4.90 Å². The molecule has 3 aromatic rings. The number of benzene rings is 3. The quantitative estimate of drug-likeness (QED) is 0.227. The monoisotopic (exact) mass is 729 g/mol. The lowest BCUT2D eigenvalue weighted by molar-refractivity contribution is -0.143. The van der Waals surface area contributed by atoms with Gasteiger partial charge in [0, 0.05) is 12.1 Å². The van der Waals surface area contributed by atoms with Gasteiger partial charge < -0.3 is 14.2 Å². The Labute approximate surface area is 289 Å². The third-order valence-corrected chi connectivity index (χ3v) is 9.63. The lowest BCUT2D eigenvalue weighted by Gasteiger charge is -2.36. The summed E-state index contributed by atoms with van der Waals surface area (Å²) in [5.74, 6) is 0.328. The van der Waals surface area contributed by atoms with Crippen LogP contribution in [0.3, 0.4) is 0 Å². The smallest absolute Gasteiger partial charge is 0.417 e. The lowest BCUT2D eigenvalue weighted by atomic mass is 9.72. The fraction of sp³-hybridized carbons (Fsp3) is 0.432. The Morgan fingerprint density at radius 1 is 0.824 bits per heavy atom. The van der Waals surface area contributed by atoms with E-state index in [1.165, 1.54) is 32.1 Å². The summed E-state index contributed by atoms with van der Waals surface area (Å²) in [5, 5.41) is 0. The molecule has 1 heterocycles. The minimum atomic E-state index is -5.10. The first-order valence-corrected chi connectivity index (χ1v) is 16.0. The maximum atomic E-state index is 14.5. The van der Waals surface area contributed by atoms with Crippen molar-refractivity contribution in [3.05, 3.63) is 87.5 Å². The van der Waals surface area contributed by atoms with Crippen LogP contribution in [0.4, 0.5) is 44.3 Å². The maximum absolute atomic E-state index is 14.5. The van der Waals surface area contributed by atoms with Crippen LogP contribution < -0.4 is 9.47 Å². The average Bonchev–Trinajstić information content (AvgIpc) is 3.31. The van der Waals surface area contributed by atoms with Gasteiger partial charge in [-0.05, 0) is 108 Å². The van der Waals surface area contributed by atoms with Crippen molar-refractivity contribution >= 4 is 11.7 Å². The molecule has 1 aliphatic heterocycles. The predicted molar refractivity (Wildman–Crippen MR) is 171 cm³/mol. The zero-order valence-corrected chi connectivity index (χ0v) is 28.6. The molecular formula is C37H36F9NO4. The normalized spacial score (nSPS) is 19.7. The third-order valence-electron chi connectivity index (χ3n) is 9.63. The number of methoxy groups -OCH3 is 2. The van der Waals surface area contributed by atoms with Gasteiger partial charge in [0.2, 0.25) is 0 Å². The van der Waals surface area contributed by atoms with Gasteiger partial charge in [0.05, 0.1) is 37.0 Å². The van der Waals surface area contributed by atoms with Crippen LogP contribution in [0.15, 0.2) is 54.1 Å². The molecule has 1 fully saturated rings. The highest BCUT2D eigenvalue weighted by molar-refractivity contribution is 5.83. The summed E-state index contributed by atoms with van der Waals surface area (Å²) >= 11 is 0. The number of hydrogen-bond acceptors (Lipinski definition) is 4. The summed E-state index contributed by atoms with van der Waals surface area (Å²) < 4.78 is 142. The highest BCUT2D eigenvalue weighted by Gasteiger charge is 2.44. The molecule has 0 saturated carbocycles. The van der Waals surface area contributed by atoms with Crippen molar-refractivity contribution in [3.63, 3.8) is 0 Å². The number of rotatable bonds is 7. The van der Waals surface area contributed by atoms with Crippen LogP contribution in [0.25, 0.3) is 16.7 Å². The summed E-state index contributed by atoms with van der Waals surface area (Å²) in [6, 6.07) is 7.18. The number of allylic oxidation sites excluding steroid dienone is 1. The molecule has 51 heavy (non-hydrogen) atoms. The Hall–Kier alpha value is -4.36. The van der Waals surface area contributed by atoms with Gasteiger partial charge in [0.1, 0.15) is 17.6 Å². The summed E-state index contributed by atoms with van der Waals surface area (Å²) in [4.78, 5) is 14.5. The zero-order valence-electron chi connectivity index (χ0n) is 28.6. The molecule has 0 aromatic heterocycles. The van der Waals surface area contributed by atoms with E-state index in [1.54, 1.807) is 25.1 Å². The zero-order chi connectivity index (χ0) is 37.8. The molecule has 5 rings (SSSR count). The fourth-order valence-corrected chi connectivity index (χ4v) is 6.97. The largest absolute Gasteiger partial charge is 0.496 e. The van der Waals surface area contributed by atoms with E-state index in [4.69, 9.17) is 14.2 Å². The van der Waals surface area contributed by atoms with Gasteiger partial charge in [-0.25, -0.2) is 4.79 Å². The van der Waals surface area contributed by atoms with Gasteiger partial charge in [-0.3, -0.25) is 4.90 Å². The van der Waals surface area contributed by atoms with E-state index in [1.807, 2.05) is 13.8 Å². The number of ether oxygens (including phenoxy) is 3. The minimum Gasteiger partial charge on any atom is -0.496 e. The molecule has 0 unspecified atom stereocenters. The van der Waals surface area contributed by atoms with Crippen LogP contribution in [0, 0.1) is 12.3 Å². The molecule has 1 amide bonds. The lowest BCUT2D eigenvalue weighted by Crippen LogP contribution is -2.35. The van der Waals surface area contributed by atoms with E-state index in [9.17, 15) is 44.3 Å². The molecule has 1 aliphatic carbocycles. The van der Waals surface area contributed by atoms with E-state index in [-0.39, 0.29) is 34.9 Å². The molecule has 0 N–H and O–H groups in total. The minimum absolute atomic E-state index is 0.00261. The molecule has 14 heteroatoms. The molecule has 5 nitrogen and oxygen atoms in total. The summed E-state index contributed by atoms with van der Waals surface area (Å²) in [7, 11) is 2.66. The van der Waals surface area contributed by atoms with Crippen LogP contribution >= 0.6 is 0 Å². The number of nitrogens with zero attached hydrogens (tertiary/aromatic N) is 1. The van der Waals surface area contributed by atoms with Crippen molar-refractivity contribution in [1.29, 1.82) is 0 Å². The standard InChI is InChI=1S/C37H36F9NO4/c1-19-25(8-7-9-30(19)49-5)27-15-28(31(50-6)16-29(27)37(44,45)46)26-10-11-34(3,4)17-22(26)18-47-20(2)32(51-33(47)48)21-12-23(35(38,39)40)14-24(13-21)36(41,42)43/h7-9,12-16,20,32H,10-11,17-18H2,1-6H3/t20-,32-/m0/s1. The molecule has 0 radical (unpaired) electrons. The Morgan fingerprint density at radius 3 is 1.98 bits per heavy atom. The molecule has 2 atom stereocenters. The molecule has 276 valence electrons. The van der Waals surface area contributed by atoms with Crippen LogP contribution in [-0.2, 0) is 23.3 Å². The van der Waals surface area contributed by atoms with Crippen LogP contribution in [0.5, 0.6) is 11.5 Å². The molecule has 0 bridgehead atoms. The second-order valence-electron chi connectivity index (χ2n) is 13.7. The van der Waals surface area contributed by atoms with E-state index in [0.29, 0.717) is 59.4 Å². The van der Waals surface area contributed by atoms with Gasteiger partial charge in [-0.15, -0.1) is 0 Å². The van der Waals surface area contributed by atoms with Crippen molar-refractivity contribution in [3.8, 4) is 22.6 Å². The van der Waals surface area contributed by atoms with E-state index < -0.39 is 59.0 Å². The number of alkyl halides is 9. The SMILES string of the molecule is COc1cc(C(F)(F)F)c(-c2cccc(OC)c2C)cc1C1=C(CN2C(=O)O[C@H](c3cc(C(F)(F)F)cc(C(F)(F)F)c3)[C@@H]2C)CC(C)(C)CC1. The first-order chi connectivity index (χ1) is 23.6. The van der Waals surface area contributed by atoms with E-state index in [2.05, 4.69) is 0 Å². The Bertz CT molecular complexity index is 1830. The third kappa shape index (κ3) is 7.64. The van der Waals surface area contributed by atoms with Gasteiger partial charge in [0.25, 0.3) is 0 Å². The van der Waals surface area contributed by atoms with Crippen molar-refractivity contribution < 1.29 is 58.5 Å². The first-order valence-electron chi connectivity index (χ1n) is 16.0. The van der Waals surface area contributed by atoms with Gasteiger partial charge in [-0.2, -0.15) is 39.5 Å². The maximum Gasteiger partial charge on any atom is 0.417 e. The fourth-order valence-electron chi connectivity index (χ4n) is 6.97. The van der Waals surface area contributed by atoms with E-state index in [0.717, 1.165) is 6.07 Å². The topological polar surface area (TPSA) is 48.0 Å². The van der Waals surface area contributed by atoms with Crippen LogP contribution in [0.1, 0.15) is 79.5 Å². The Morgan fingerprint density at radius 2 is 1.43 bits per heavy atom. The molecular weight excluding hydrogens is 693 g/mol. The molecule has 1 saturated heterocycles. The van der Waals surface area contributed by atoms with Crippen molar-refractivity contribution in [2.75, 3.05) is 20.8 Å². The molecule has 3 aromatic carbocycles. The van der Waals surface area contributed by atoms with Gasteiger partial charge in [0.15, 0.2) is 0 Å². The Balaban J connectivity index is 1.63. The number of halogens is 9. The average molecular weight is 730 g/mol. The van der Waals surface area contributed by atoms with Gasteiger partial charge in [-0.1, -0.05) is 26.0 Å². The van der Waals surface area contributed by atoms with Crippen molar-refractivity contribution in [2.45, 2.75) is 77.6 Å². The highest BCUT2D eigenvalue weighted by atomic mass is 19.4. The second kappa shape index (κ2) is 13.3. The number of hydrogen-bond donors (Lipinski definition) is 0. The highest BCUT2D eigenvalue weighted by Crippen LogP contribution is 2.50. The summed E-state index contributed by atoms with van der Waals surface area (Å²) in [5.41, 5.74) is -2.55. The number of carbonyl (C=O) groups excluding carboxylic acids is 1. The molecule has 0 spiro atoms. The Kier molecular flexibility index (Phi) is 9.89. The van der Waals surface area contributed by atoms with Crippen LogP contribution in [-0.4, -0.2) is 37.8 Å². The molecule has 2 aliphatic rings. The predicted octanol–water partition coefficient (Wildman–Crippen LogP) is 11.3. The van der Waals surface area contributed by atoms with Crippen LogP contribution in [0.2, 0.25) is 0 Å². The second-order valence-corrected chi connectivity index (χ2v) is 13.7. The first kappa shape index (κ1) is 37.9. The summed E-state index contributed by atoms with van der Waals surface area (Å²) in [6.45, 7) is 6.92.